The lowest BCUT2D eigenvalue weighted by Crippen LogP contribution is -2.29. The summed E-state index contributed by atoms with van der Waals surface area (Å²) in [6.45, 7) is 0.256. The lowest BCUT2D eigenvalue weighted by Gasteiger charge is -2.32. The van der Waals surface area contributed by atoms with Crippen molar-refractivity contribution in [1.82, 2.24) is 0 Å². The first-order chi connectivity index (χ1) is 21.6. The minimum Gasteiger partial charge on any atom is -0.481 e. The Balaban J connectivity index is 2.56. The molecule has 8 nitrogen and oxygen atoms in total. The quantitative estimate of drug-likeness (QED) is 0.0888. The molecule has 0 radical (unpaired) electrons. The molecule has 0 aromatic heterocycles. The van der Waals surface area contributed by atoms with Gasteiger partial charge >= 0.3 is 23.3 Å². The zero-order chi connectivity index (χ0) is 36.1. The van der Waals surface area contributed by atoms with Crippen LogP contribution in [0.25, 0.3) is 0 Å². The van der Waals surface area contributed by atoms with Gasteiger partial charge in [0, 0.05) is 18.7 Å². The maximum Gasteiger partial charge on any atom is 0.349 e. The van der Waals surface area contributed by atoms with Gasteiger partial charge in [-0.3, -0.25) is 18.7 Å². The van der Waals surface area contributed by atoms with Crippen LogP contribution in [-0.4, -0.2) is 47.7 Å². The molecule has 0 bridgehead atoms. The molecule has 4 unspecified atom stereocenters. The van der Waals surface area contributed by atoms with E-state index in [1.807, 2.05) is 0 Å². The van der Waals surface area contributed by atoms with E-state index in [1.165, 1.54) is 6.92 Å². The number of hydrogen-bond donors (Lipinski definition) is 2. The van der Waals surface area contributed by atoms with Crippen LogP contribution in [0.4, 0.5) is 43.9 Å². The van der Waals surface area contributed by atoms with Gasteiger partial charge in [-0.1, -0.05) is 13.8 Å². The third-order valence-electron chi connectivity index (χ3n) is 6.71. The molecule has 0 aliphatic rings. The third-order valence-corrected chi connectivity index (χ3v) is 12.1. The second-order valence-electron chi connectivity index (χ2n) is 10.4. The predicted octanol–water partition coefficient (Wildman–Crippen LogP) is 8.52. The molecule has 0 heterocycles. The number of halogens is 10. The molecular formula is C27H28F10O8P2. The van der Waals surface area contributed by atoms with Gasteiger partial charge in [-0.25, -0.2) is 26.3 Å². The molecule has 264 valence electrons. The highest BCUT2D eigenvalue weighted by Gasteiger charge is 2.58. The van der Waals surface area contributed by atoms with Crippen LogP contribution in [0.5, 0.6) is 0 Å². The number of rotatable bonds is 18. The standard InChI is InChI=1S/C27H28F10O8P2/c1-3-10-44-46(42,26(34,35)16-5-7-18(28)23(32)21(16)30)12-14(2)11-45-47(43,13-15(25(40)41)4-9-20(38)39)27(36,37)17-6-8-19(29)24(33)22(17)31/h5-8,14-15H,3-4,9-13H2,1-2H3,(H,38,39)(H,40,41). The number of carboxylic acid groups (broad SMARTS) is 2. The van der Waals surface area contributed by atoms with Crippen molar-refractivity contribution < 1.29 is 81.9 Å². The Labute approximate surface area is 261 Å². The highest BCUT2D eigenvalue weighted by atomic mass is 31.2. The molecule has 2 N–H and O–H groups in total. The molecular weight excluding hydrogens is 704 g/mol. The Hall–Kier alpha value is -2.94. The van der Waals surface area contributed by atoms with E-state index >= 15 is 17.6 Å². The number of carbonyl (C=O) groups is 2. The first kappa shape index (κ1) is 40.2. The first-order valence-electron chi connectivity index (χ1n) is 13.5. The van der Waals surface area contributed by atoms with Crippen LogP contribution < -0.4 is 0 Å². The fourth-order valence-electron chi connectivity index (χ4n) is 4.21. The van der Waals surface area contributed by atoms with Gasteiger partial charge in [0.1, 0.15) is 0 Å². The summed E-state index contributed by atoms with van der Waals surface area (Å²) in [5.41, 5.74) is -13.9. The maximum atomic E-state index is 15.7. The lowest BCUT2D eigenvalue weighted by atomic mass is 10.1. The highest BCUT2D eigenvalue weighted by molar-refractivity contribution is 7.60. The normalized spacial score (nSPS) is 16.3. The summed E-state index contributed by atoms with van der Waals surface area (Å²) in [6, 6.07) is 0.251. The average molecular weight is 732 g/mol. The maximum absolute atomic E-state index is 15.7. The van der Waals surface area contributed by atoms with Gasteiger partial charge in [-0.05, 0) is 43.0 Å². The van der Waals surface area contributed by atoms with Crippen molar-refractivity contribution in [2.75, 3.05) is 25.5 Å². The zero-order valence-electron chi connectivity index (χ0n) is 24.4. The number of alkyl halides is 4. The smallest absolute Gasteiger partial charge is 0.349 e. The van der Waals surface area contributed by atoms with E-state index < -0.39 is 134 Å². The monoisotopic (exact) mass is 732 g/mol. The van der Waals surface area contributed by atoms with Crippen LogP contribution in [-0.2, 0) is 39.1 Å². The van der Waals surface area contributed by atoms with Crippen molar-refractivity contribution in [2.24, 2.45) is 11.8 Å². The summed E-state index contributed by atoms with van der Waals surface area (Å²) in [7, 11) is -11.6. The van der Waals surface area contributed by atoms with Crippen molar-refractivity contribution in [3.63, 3.8) is 0 Å². The van der Waals surface area contributed by atoms with E-state index in [4.69, 9.17) is 14.2 Å². The molecule has 0 fully saturated rings. The molecule has 4 atom stereocenters. The molecule has 0 amide bonds. The summed E-state index contributed by atoms with van der Waals surface area (Å²) < 4.78 is 183. The van der Waals surface area contributed by atoms with Gasteiger partial charge < -0.3 is 19.3 Å². The molecule has 2 aromatic rings. The van der Waals surface area contributed by atoms with Crippen LogP contribution in [0.1, 0.15) is 44.2 Å². The SMILES string of the molecule is CCCOP(=O)(CC(C)COP(=O)(CC(CCC(=O)O)C(=O)O)C(F)(F)c1ccc(F)c(F)c1F)C(F)(F)c1ccc(F)c(F)c1F. The Kier molecular flexibility index (Phi) is 13.3. The lowest BCUT2D eigenvalue weighted by molar-refractivity contribution is -0.142. The van der Waals surface area contributed by atoms with Crippen LogP contribution in [0.15, 0.2) is 24.3 Å². The predicted molar refractivity (Wildman–Crippen MR) is 145 cm³/mol. The van der Waals surface area contributed by atoms with Gasteiger partial charge in [0.15, 0.2) is 34.9 Å². The minimum atomic E-state index is -6.04. The molecule has 0 saturated heterocycles. The summed E-state index contributed by atoms with van der Waals surface area (Å²) >= 11 is 0. The molecule has 2 aromatic carbocycles. The Morgan fingerprint density at radius 1 is 0.766 bits per heavy atom. The minimum absolute atomic E-state index is 0.0100. The number of carboxylic acids is 2. The van der Waals surface area contributed by atoms with E-state index in [0.29, 0.717) is 0 Å². The fourth-order valence-corrected chi connectivity index (χ4v) is 9.10. The Morgan fingerprint density at radius 2 is 1.21 bits per heavy atom. The number of aliphatic carboxylic acids is 2. The van der Waals surface area contributed by atoms with Crippen molar-refractivity contribution in [3.05, 3.63) is 70.3 Å². The third kappa shape index (κ3) is 8.76. The summed E-state index contributed by atoms with van der Waals surface area (Å²) in [5.74, 6) is -20.9. The van der Waals surface area contributed by atoms with Crippen LogP contribution in [0.2, 0.25) is 0 Å². The van der Waals surface area contributed by atoms with Gasteiger partial charge in [0.2, 0.25) is 0 Å². The summed E-state index contributed by atoms with van der Waals surface area (Å²) in [5, 5.41) is 18.4. The largest absolute Gasteiger partial charge is 0.481 e. The zero-order valence-corrected chi connectivity index (χ0v) is 26.2. The average Bonchev–Trinajstić information content (AvgIpc) is 2.98. The van der Waals surface area contributed by atoms with Gasteiger partial charge in [0.25, 0.3) is 14.7 Å². The fraction of sp³-hybridized carbons (Fsp3) is 0.481. The van der Waals surface area contributed by atoms with E-state index in [-0.39, 0.29) is 30.7 Å². The first-order valence-corrected chi connectivity index (χ1v) is 17.1. The van der Waals surface area contributed by atoms with Crippen LogP contribution >= 0.6 is 14.7 Å². The Bertz CT molecular complexity index is 1570. The van der Waals surface area contributed by atoms with E-state index in [2.05, 4.69) is 0 Å². The van der Waals surface area contributed by atoms with Crippen LogP contribution in [0, 0.1) is 46.7 Å². The van der Waals surface area contributed by atoms with Gasteiger partial charge in [-0.2, -0.15) is 17.6 Å². The van der Waals surface area contributed by atoms with Crippen molar-refractivity contribution in [2.45, 2.75) is 44.4 Å². The summed E-state index contributed by atoms with van der Waals surface area (Å²) in [4.78, 5) is 22.7. The van der Waals surface area contributed by atoms with Gasteiger partial charge in [0.05, 0.1) is 30.3 Å². The van der Waals surface area contributed by atoms with Crippen molar-refractivity contribution in [1.29, 1.82) is 0 Å². The van der Waals surface area contributed by atoms with Crippen molar-refractivity contribution >= 4 is 26.7 Å². The topological polar surface area (TPSA) is 127 Å². The second kappa shape index (κ2) is 15.5. The van der Waals surface area contributed by atoms with E-state index in [1.54, 1.807) is 0 Å². The number of hydrogen-bond acceptors (Lipinski definition) is 6. The Morgan fingerprint density at radius 3 is 1.62 bits per heavy atom. The molecule has 0 aliphatic carbocycles. The molecule has 0 aliphatic heterocycles. The van der Waals surface area contributed by atoms with Gasteiger partial charge in [-0.15, -0.1) is 0 Å². The van der Waals surface area contributed by atoms with E-state index in [0.717, 1.165) is 6.92 Å². The molecule has 0 spiro atoms. The van der Waals surface area contributed by atoms with Crippen LogP contribution in [0.3, 0.4) is 0 Å². The van der Waals surface area contributed by atoms with E-state index in [9.17, 15) is 50.2 Å². The van der Waals surface area contributed by atoms with Crippen molar-refractivity contribution in [3.8, 4) is 0 Å². The second-order valence-corrected chi connectivity index (χ2v) is 15.5. The number of benzene rings is 2. The molecule has 0 saturated carbocycles. The molecule has 20 heteroatoms. The highest BCUT2D eigenvalue weighted by Crippen LogP contribution is 2.69. The summed E-state index contributed by atoms with van der Waals surface area (Å²) in [6.07, 6.45) is -5.04. The molecule has 47 heavy (non-hydrogen) atoms. The molecule has 2 rings (SSSR count).